The predicted octanol–water partition coefficient (Wildman–Crippen LogP) is 1.93. The number of aliphatic carboxylic acids is 1. The van der Waals surface area contributed by atoms with Crippen LogP contribution in [0.1, 0.15) is 31.5 Å². The lowest BCUT2D eigenvalue weighted by atomic mass is 9.66. The maximum absolute atomic E-state index is 12.6. The van der Waals surface area contributed by atoms with Crippen LogP contribution in [0, 0.1) is 5.41 Å². The van der Waals surface area contributed by atoms with Crippen LogP contribution >= 0.6 is 0 Å². The maximum atomic E-state index is 12.6. The van der Waals surface area contributed by atoms with Crippen LogP contribution in [0.25, 0.3) is 11.4 Å². The number of rotatable bonds is 4. The van der Waals surface area contributed by atoms with Gasteiger partial charge in [-0.15, -0.1) is 10.2 Å². The number of carbonyl (C=O) groups is 2. The second-order valence-corrected chi connectivity index (χ2v) is 6.89. The third kappa shape index (κ3) is 2.69. The first-order chi connectivity index (χ1) is 12.1. The fourth-order valence-corrected chi connectivity index (χ4v) is 3.64. The number of carbonyl (C=O) groups excluding carboxylic acids is 1. The summed E-state index contributed by atoms with van der Waals surface area (Å²) in [5.74, 6) is 0.608. The molecule has 0 saturated heterocycles. The molecule has 2 heterocycles. The molecule has 1 saturated carbocycles. The van der Waals surface area contributed by atoms with Crippen molar-refractivity contribution < 1.29 is 14.7 Å². The highest BCUT2D eigenvalue weighted by atomic mass is 16.4. The Morgan fingerprint density at radius 3 is 2.52 bits per heavy atom. The van der Waals surface area contributed by atoms with Gasteiger partial charge in [-0.3, -0.25) is 9.59 Å². The van der Waals surface area contributed by atoms with Gasteiger partial charge in [-0.25, -0.2) is 0 Å². The minimum Gasteiger partial charge on any atom is -0.481 e. The number of hydrogen-bond donors (Lipinski definition) is 1. The Morgan fingerprint density at radius 1 is 1.12 bits per heavy atom. The molecule has 4 rings (SSSR count). The van der Waals surface area contributed by atoms with Gasteiger partial charge in [0.05, 0.1) is 12.0 Å². The summed E-state index contributed by atoms with van der Waals surface area (Å²) in [4.78, 5) is 25.8. The number of carboxylic acids is 1. The summed E-state index contributed by atoms with van der Waals surface area (Å²) >= 11 is 0. The fraction of sp³-hybridized carbons (Fsp3) is 0.444. The molecule has 2 aromatic rings. The number of hydrogen-bond acceptors (Lipinski definition) is 4. The van der Waals surface area contributed by atoms with E-state index >= 15 is 0 Å². The number of nitrogens with zero attached hydrogens (tertiary/aromatic N) is 4. The van der Waals surface area contributed by atoms with E-state index in [9.17, 15) is 14.7 Å². The van der Waals surface area contributed by atoms with Crippen molar-refractivity contribution in [3.8, 4) is 11.4 Å². The van der Waals surface area contributed by atoms with Gasteiger partial charge in [-0.1, -0.05) is 36.8 Å². The standard InChI is InChI=1S/C18H20N4O3/c23-15(11-18(17(24)25)7-4-8-18)21-9-10-22-14(12-21)19-20-16(22)13-5-2-1-3-6-13/h1-3,5-6H,4,7-12H2,(H,24,25). The Labute approximate surface area is 145 Å². The number of benzene rings is 1. The SMILES string of the molecule is O=C(CC1(C(=O)O)CCC1)N1CCn2c(nnc2-c2ccccc2)C1. The molecule has 1 aliphatic carbocycles. The number of fused-ring (bicyclic) bond motifs is 1. The first-order valence-electron chi connectivity index (χ1n) is 8.58. The van der Waals surface area contributed by atoms with Gasteiger partial charge in [0.25, 0.3) is 0 Å². The first kappa shape index (κ1) is 15.8. The van der Waals surface area contributed by atoms with Gasteiger partial charge in [0.2, 0.25) is 5.91 Å². The average Bonchev–Trinajstić information content (AvgIpc) is 3.01. The lowest BCUT2D eigenvalue weighted by molar-refractivity contribution is -0.159. The van der Waals surface area contributed by atoms with E-state index < -0.39 is 11.4 Å². The quantitative estimate of drug-likeness (QED) is 0.919. The highest BCUT2D eigenvalue weighted by molar-refractivity contribution is 5.85. The summed E-state index contributed by atoms with van der Waals surface area (Å²) in [6.45, 7) is 1.56. The molecule has 1 aromatic carbocycles. The molecule has 2 aliphatic rings. The van der Waals surface area contributed by atoms with Gasteiger partial charge in [0, 0.05) is 25.1 Å². The average molecular weight is 340 g/mol. The molecule has 1 fully saturated rings. The number of aromatic nitrogens is 3. The number of amides is 1. The highest BCUT2D eigenvalue weighted by Crippen LogP contribution is 2.44. The molecule has 7 heteroatoms. The van der Waals surface area contributed by atoms with Crippen molar-refractivity contribution in [1.82, 2.24) is 19.7 Å². The van der Waals surface area contributed by atoms with Crippen LogP contribution in [0.2, 0.25) is 0 Å². The molecule has 7 nitrogen and oxygen atoms in total. The molecule has 1 N–H and O–H groups in total. The predicted molar refractivity (Wildman–Crippen MR) is 89.4 cm³/mol. The maximum Gasteiger partial charge on any atom is 0.310 e. The molecular weight excluding hydrogens is 320 g/mol. The normalized spacial score (nSPS) is 18.3. The van der Waals surface area contributed by atoms with Crippen molar-refractivity contribution in [3.63, 3.8) is 0 Å². The Balaban J connectivity index is 1.49. The Morgan fingerprint density at radius 2 is 1.88 bits per heavy atom. The van der Waals surface area contributed by atoms with Crippen LogP contribution in [0.4, 0.5) is 0 Å². The second-order valence-electron chi connectivity index (χ2n) is 6.89. The van der Waals surface area contributed by atoms with E-state index in [0.717, 1.165) is 23.6 Å². The summed E-state index contributed by atoms with van der Waals surface area (Å²) in [7, 11) is 0. The fourth-order valence-electron chi connectivity index (χ4n) is 3.64. The minimum atomic E-state index is -0.850. The topological polar surface area (TPSA) is 88.3 Å². The van der Waals surface area contributed by atoms with Crippen LogP contribution in [-0.2, 0) is 22.7 Å². The highest BCUT2D eigenvalue weighted by Gasteiger charge is 2.46. The van der Waals surface area contributed by atoms with Crippen LogP contribution in [0.3, 0.4) is 0 Å². The summed E-state index contributed by atoms with van der Waals surface area (Å²) in [6.07, 6.45) is 2.16. The van der Waals surface area contributed by atoms with Gasteiger partial charge >= 0.3 is 5.97 Å². The van der Waals surface area contributed by atoms with Gasteiger partial charge in [0.1, 0.15) is 0 Å². The van der Waals surface area contributed by atoms with E-state index in [2.05, 4.69) is 10.2 Å². The lowest BCUT2D eigenvalue weighted by Crippen LogP contribution is -2.45. The van der Waals surface area contributed by atoms with E-state index in [1.54, 1.807) is 4.90 Å². The van der Waals surface area contributed by atoms with Crippen molar-refractivity contribution in [2.75, 3.05) is 6.54 Å². The minimum absolute atomic E-state index is 0.0853. The zero-order chi connectivity index (χ0) is 17.4. The van der Waals surface area contributed by atoms with Crippen molar-refractivity contribution in [2.45, 2.75) is 38.8 Å². The molecule has 25 heavy (non-hydrogen) atoms. The van der Waals surface area contributed by atoms with Gasteiger partial charge in [-0.05, 0) is 12.8 Å². The largest absolute Gasteiger partial charge is 0.481 e. The molecule has 0 bridgehead atoms. The summed E-state index contributed by atoms with van der Waals surface area (Å²) in [5.41, 5.74) is 0.151. The zero-order valence-electron chi connectivity index (χ0n) is 13.9. The van der Waals surface area contributed by atoms with Crippen LogP contribution < -0.4 is 0 Å². The van der Waals surface area contributed by atoms with Crippen molar-refractivity contribution in [3.05, 3.63) is 36.2 Å². The van der Waals surface area contributed by atoms with E-state index in [-0.39, 0.29) is 12.3 Å². The van der Waals surface area contributed by atoms with Crippen molar-refractivity contribution in [2.24, 2.45) is 5.41 Å². The Bertz CT molecular complexity index is 811. The summed E-state index contributed by atoms with van der Waals surface area (Å²) in [6, 6.07) is 9.85. The molecular formula is C18H20N4O3. The van der Waals surface area contributed by atoms with E-state index in [1.165, 1.54) is 0 Å². The zero-order valence-corrected chi connectivity index (χ0v) is 13.9. The monoisotopic (exact) mass is 340 g/mol. The first-order valence-corrected chi connectivity index (χ1v) is 8.58. The van der Waals surface area contributed by atoms with Crippen LogP contribution in [0.5, 0.6) is 0 Å². The number of carboxylic acid groups (broad SMARTS) is 1. The molecule has 0 radical (unpaired) electrons. The van der Waals surface area contributed by atoms with E-state index in [4.69, 9.17) is 0 Å². The van der Waals surface area contributed by atoms with Gasteiger partial charge < -0.3 is 14.6 Å². The van der Waals surface area contributed by atoms with Crippen molar-refractivity contribution in [1.29, 1.82) is 0 Å². The van der Waals surface area contributed by atoms with Gasteiger partial charge in [0.15, 0.2) is 11.6 Å². The Kier molecular flexibility index (Phi) is 3.78. The molecule has 0 atom stereocenters. The van der Waals surface area contributed by atoms with E-state index in [1.807, 2.05) is 34.9 Å². The molecule has 1 aliphatic heterocycles. The molecule has 1 amide bonds. The Hall–Kier alpha value is -2.70. The smallest absolute Gasteiger partial charge is 0.310 e. The summed E-state index contributed by atoms with van der Waals surface area (Å²) < 4.78 is 2.04. The third-order valence-corrected chi connectivity index (χ3v) is 5.39. The van der Waals surface area contributed by atoms with Crippen LogP contribution in [-0.4, -0.2) is 43.2 Å². The molecule has 0 spiro atoms. The second kappa shape index (κ2) is 5.98. The molecule has 1 aromatic heterocycles. The molecule has 130 valence electrons. The third-order valence-electron chi connectivity index (χ3n) is 5.39. The van der Waals surface area contributed by atoms with Crippen molar-refractivity contribution >= 4 is 11.9 Å². The van der Waals surface area contributed by atoms with Crippen LogP contribution in [0.15, 0.2) is 30.3 Å². The molecule has 0 unspecified atom stereocenters. The van der Waals surface area contributed by atoms with E-state index in [0.29, 0.717) is 32.5 Å². The van der Waals surface area contributed by atoms with Gasteiger partial charge in [-0.2, -0.15) is 0 Å². The lowest BCUT2D eigenvalue weighted by Gasteiger charge is -2.39. The summed E-state index contributed by atoms with van der Waals surface area (Å²) in [5, 5.41) is 17.9.